The summed E-state index contributed by atoms with van der Waals surface area (Å²) >= 11 is 1.71. The van der Waals surface area contributed by atoms with E-state index in [1.165, 1.54) is 0 Å². The predicted molar refractivity (Wildman–Crippen MR) is 68.2 cm³/mol. The number of nitrogens with one attached hydrogen (secondary N) is 2. The third kappa shape index (κ3) is 2.57. The Morgan fingerprint density at radius 3 is 3.29 bits per heavy atom. The molecule has 2 aromatic heterocycles. The first-order valence-corrected chi connectivity index (χ1v) is 6.69. The minimum absolute atomic E-state index is 0.409. The molecule has 0 bridgehead atoms. The van der Waals surface area contributed by atoms with Crippen LogP contribution in [-0.4, -0.2) is 35.8 Å². The molecule has 90 valence electrons. The van der Waals surface area contributed by atoms with Crippen LogP contribution in [0.5, 0.6) is 0 Å². The zero-order chi connectivity index (χ0) is 11.5. The van der Waals surface area contributed by atoms with Gasteiger partial charge in [0.05, 0.1) is 29.6 Å². The van der Waals surface area contributed by atoms with Gasteiger partial charge in [-0.2, -0.15) is 0 Å². The van der Waals surface area contributed by atoms with Crippen LogP contribution >= 0.6 is 11.3 Å². The van der Waals surface area contributed by atoms with Crippen molar-refractivity contribution in [2.45, 2.75) is 12.5 Å². The molecule has 1 aliphatic rings. The molecule has 0 saturated carbocycles. The Morgan fingerprint density at radius 1 is 1.53 bits per heavy atom. The molecule has 1 atom stereocenters. The van der Waals surface area contributed by atoms with Crippen molar-refractivity contribution in [1.82, 2.24) is 15.3 Å². The van der Waals surface area contributed by atoms with Gasteiger partial charge < -0.3 is 15.0 Å². The van der Waals surface area contributed by atoms with Crippen LogP contribution in [0.1, 0.15) is 5.01 Å². The van der Waals surface area contributed by atoms with Crippen LogP contribution in [0.15, 0.2) is 23.7 Å². The predicted octanol–water partition coefficient (Wildman–Crippen LogP) is 1.67. The molecule has 0 spiro atoms. The number of aromatic nitrogens is 2. The largest absolute Gasteiger partial charge is 0.379 e. The molecule has 1 unspecified atom stereocenters. The summed E-state index contributed by atoms with van der Waals surface area (Å²) in [5.41, 5.74) is 2.12. The molecule has 3 heterocycles. The van der Waals surface area contributed by atoms with Gasteiger partial charge in [-0.05, 0) is 12.1 Å². The Kier molecular flexibility index (Phi) is 3.22. The van der Waals surface area contributed by atoms with Crippen molar-refractivity contribution in [2.75, 3.05) is 19.8 Å². The normalized spacial score (nSPS) is 20.6. The van der Waals surface area contributed by atoms with Gasteiger partial charge in [-0.25, -0.2) is 4.98 Å². The van der Waals surface area contributed by atoms with Crippen LogP contribution in [0.25, 0.3) is 11.4 Å². The standard InChI is InChI=1S/C12H15N3OS/c1-2-10(14-3-1)11-8-17-12(15-11)6-9-7-16-5-4-13-9/h1-3,8-9,13-14H,4-7H2. The molecular weight excluding hydrogens is 234 g/mol. The first-order chi connectivity index (χ1) is 8.42. The first kappa shape index (κ1) is 11.0. The summed E-state index contributed by atoms with van der Waals surface area (Å²) in [5.74, 6) is 0. The van der Waals surface area contributed by atoms with Crippen LogP contribution in [0.2, 0.25) is 0 Å². The van der Waals surface area contributed by atoms with E-state index >= 15 is 0 Å². The monoisotopic (exact) mass is 249 g/mol. The molecule has 0 radical (unpaired) electrons. The lowest BCUT2D eigenvalue weighted by molar-refractivity contribution is 0.0770. The maximum Gasteiger partial charge on any atom is 0.0976 e. The summed E-state index contributed by atoms with van der Waals surface area (Å²) in [6.45, 7) is 2.55. The summed E-state index contributed by atoms with van der Waals surface area (Å²) in [6.07, 6.45) is 2.87. The molecule has 3 rings (SSSR count). The first-order valence-electron chi connectivity index (χ1n) is 5.81. The van der Waals surface area contributed by atoms with E-state index in [4.69, 9.17) is 4.74 Å². The lowest BCUT2D eigenvalue weighted by Gasteiger charge is -2.22. The van der Waals surface area contributed by atoms with Crippen molar-refractivity contribution >= 4 is 11.3 Å². The van der Waals surface area contributed by atoms with E-state index < -0.39 is 0 Å². The Bertz CT molecular complexity index is 460. The van der Waals surface area contributed by atoms with Crippen LogP contribution in [-0.2, 0) is 11.2 Å². The number of hydrogen-bond donors (Lipinski definition) is 2. The van der Waals surface area contributed by atoms with Gasteiger partial charge in [-0.15, -0.1) is 11.3 Å². The highest BCUT2D eigenvalue weighted by Gasteiger charge is 2.15. The smallest absolute Gasteiger partial charge is 0.0976 e. The third-order valence-electron chi connectivity index (χ3n) is 2.85. The Balaban J connectivity index is 1.68. The summed E-state index contributed by atoms with van der Waals surface area (Å²) in [6, 6.07) is 4.44. The molecule has 1 aliphatic heterocycles. The van der Waals surface area contributed by atoms with Crippen LogP contribution in [0, 0.1) is 0 Å². The van der Waals surface area contributed by atoms with Crippen LogP contribution < -0.4 is 5.32 Å². The van der Waals surface area contributed by atoms with Crippen molar-refractivity contribution in [3.05, 3.63) is 28.7 Å². The van der Waals surface area contributed by atoms with E-state index in [-0.39, 0.29) is 0 Å². The second-order valence-corrected chi connectivity index (χ2v) is 5.08. The van der Waals surface area contributed by atoms with Gasteiger partial charge in [0, 0.05) is 30.6 Å². The van der Waals surface area contributed by atoms with Gasteiger partial charge in [-0.1, -0.05) is 0 Å². The van der Waals surface area contributed by atoms with Crippen molar-refractivity contribution < 1.29 is 4.74 Å². The fourth-order valence-electron chi connectivity index (χ4n) is 1.98. The maximum absolute atomic E-state index is 5.44. The number of morpholine rings is 1. The second kappa shape index (κ2) is 5.00. The number of aromatic amines is 1. The fraction of sp³-hybridized carbons (Fsp3) is 0.417. The third-order valence-corrected chi connectivity index (χ3v) is 3.72. The summed E-state index contributed by atoms with van der Waals surface area (Å²) in [7, 11) is 0. The molecule has 5 heteroatoms. The highest BCUT2D eigenvalue weighted by Crippen LogP contribution is 2.21. The zero-order valence-corrected chi connectivity index (χ0v) is 10.3. The SMILES string of the molecule is c1c[nH]c(-c2csc(CC3COCCN3)n2)c1. The highest BCUT2D eigenvalue weighted by atomic mass is 32.1. The number of H-pyrrole nitrogens is 1. The molecule has 1 saturated heterocycles. The molecule has 1 fully saturated rings. The van der Waals surface area contributed by atoms with E-state index in [1.807, 2.05) is 18.3 Å². The molecule has 2 N–H and O–H groups in total. The van der Waals surface area contributed by atoms with E-state index in [9.17, 15) is 0 Å². The average molecular weight is 249 g/mol. The van der Waals surface area contributed by atoms with Crippen molar-refractivity contribution in [3.63, 3.8) is 0 Å². The fourth-order valence-corrected chi connectivity index (χ4v) is 2.86. The molecule has 0 amide bonds. The second-order valence-electron chi connectivity index (χ2n) is 4.14. The number of ether oxygens (including phenoxy) is 1. The number of hydrogen-bond acceptors (Lipinski definition) is 4. The van der Waals surface area contributed by atoms with E-state index in [0.717, 1.165) is 42.6 Å². The topological polar surface area (TPSA) is 49.9 Å². The van der Waals surface area contributed by atoms with Gasteiger partial charge in [0.25, 0.3) is 0 Å². The number of thiazole rings is 1. The average Bonchev–Trinajstić information content (AvgIpc) is 3.00. The zero-order valence-electron chi connectivity index (χ0n) is 9.48. The Morgan fingerprint density at radius 2 is 2.53 bits per heavy atom. The lowest BCUT2D eigenvalue weighted by Crippen LogP contribution is -2.42. The van der Waals surface area contributed by atoms with Crippen LogP contribution in [0.3, 0.4) is 0 Å². The van der Waals surface area contributed by atoms with Gasteiger partial charge in [0.2, 0.25) is 0 Å². The highest BCUT2D eigenvalue weighted by molar-refractivity contribution is 7.09. The van der Waals surface area contributed by atoms with Crippen LogP contribution in [0.4, 0.5) is 0 Å². The Labute approximate surface area is 104 Å². The van der Waals surface area contributed by atoms with Gasteiger partial charge in [0.1, 0.15) is 0 Å². The minimum atomic E-state index is 0.409. The van der Waals surface area contributed by atoms with Crippen molar-refractivity contribution in [1.29, 1.82) is 0 Å². The van der Waals surface area contributed by atoms with Gasteiger partial charge in [0.15, 0.2) is 0 Å². The maximum atomic E-state index is 5.44. The van der Waals surface area contributed by atoms with Gasteiger partial charge in [-0.3, -0.25) is 0 Å². The molecule has 0 aromatic carbocycles. The number of nitrogens with zero attached hydrogens (tertiary/aromatic N) is 1. The quantitative estimate of drug-likeness (QED) is 0.870. The molecule has 17 heavy (non-hydrogen) atoms. The van der Waals surface area contributed by atoms with Gasteiger partial charge >= 0.3 is 0 Å². The molecule has 4 nitrogen and oxygen atoms in total. The number of rotatable bonds is 3. The van der Waals surface area contributed by atoms with Crippen molar-refractivity contribution in [3.8, 4) is 11.4 Å². The Hall–Kier alpha value is -1.17. The molecule has 0 aliphatic carbocycles. The summed E-state index contributed by atoms with van der Waals surface area (Å²) < 4.78 is 5.44. The van der Waals surface area contributed by atoms with E-state index in [2.05, 4.69) is 20.7 Å². The minimum Gasteiger partial charge on any atom is -0.379 e. The van der Waals surface area contributed by atoms with E-state index in [0.29, 0.717) is 6.04 Å². The summed E-state index contributed by atoms with van der Waals surface area (Å²) in [4.78, 5) is 7.81. The van der Waals surface area contributed by atoms with Crippen molar-refractivity contribution in [2.24, 2.45) is 0 Å². The lowest BCUT2D eigenvalue weighted by atomic mass is 10.2. The van der Waals surface area contributed by atoms with E-state index in [1.54, 1.807) is 11.3 Å². The molecular formula is C12H15N3OS. The summed E-state index contributed by atoms with van der Waals surface area (Å²) in [5, 5.41) is 6.71. The molecule has 2 aromatic rings.